The lowest BCUT2D eigenvalue weighted by Gasteiger charge is -2.16. The van der Waals surface area contributed by atoms with E-state index in [2.05, 4.69) is 9.88 Å². The first-order chi connectivity index (χ1) is 16.4. The Morgan fingerprint density at radius 1 is 1.24 bits per heavy atom. The number of alkyl halides is 2. The first-order valence-electron chi connectivity index (χ1n) is 11.3. The number of halogens is 2. The minimum atomic E-state index is -3.07. The van der Waals surface area contributed by atoms with E-state index >= 15 is 0 Å². The van der Waals surface area contributed by atoms with Gasteiger partial charge in [0.2, 0.25) is 0 Å². The molecule has 1 fully saturated rings. The van der Waals surface area contributed by atoms with E-state index in [0.717, 1.165) is 25.8 Å². The average Bonchev–Trinajstić information content (AvgIpc) is 3.50. The highest BCUT2D eigenvalue weighted by atomic mass is 19.3. The number of carbonyl (C=O) groups is 1. The molecule has 0 atom stereocenters. The van der Waals surface area contributed by atoms with Crippen LogP contribution in [0, 0.1) is 5.92 Å². The Morgan fingerprint density at radius 2 is 2.00 bits per heavy atom. The van der Waals surface area contributed by atoms with Crippen molar-refractivity contribution in [1.29, 1.82) is 0 Å². The Morgan fingerprint density at radius 3 is 2.68 bits per heavy atom. The van der Waals surface area contributed by atoms with Crippen LogP contribution in [0.1, 0.15) is 36.0 Å². The molecule has 1 aromatic carbocycles. The Labute approximate surface area is 197 Å². The summed E-state index contributed by atoms with van der Waals surface area (Å²) in [5, 5.41) is 0. The predicted octanol–water partition coefficient (Wildman–Crippen LogP) is 4.92. The van der Waals surface area contributed by atoms with Crippen LogP contribution in [0.15, 0.2) is 36.7 Å². The van der Waals surface area contributed by atoms with E-state index in [0.29, 0.717) is 41.6 Å². The molecule has 0 N–H and O–H groups in total. The maximum Gasteiger partial charge on any atom is 0.387 e. The van der Waals surface area contributed by atoms with E-state index in [1.54, 1.807) is 12.3 Å². The molecular formula is C25H29F2N3O4. The third-order valence-corrected chi connectivity index (χ3v) is 5.75. The minimum absolute atomic E-state index is 0.0562. The van der Waals surface area contributed by atoms with Crippen LogP contribution in [0.4, 0.5) is 8.78 Å². The van der Waals surface area contributed by atoms with Gasteiger partial charge in [0.1, 0.15) is 28.5 Å². The fraction of sp³-hybridized carbons (Fsp3) is 0.440. The van der Waals surface area contributed by atoms with Gasteiger partial charge in [-0.1, -0.05) is 0 Å². The number of ether oxygens (including phenoxy) is 3. The van der Waals surface area contributed by atoms with Crippen LogP contribution >= 0.6 is 0 Å². The summed E-state index contributed by atoms with van der Waals surface area (Å²) in [4.78, 5) is 19.4. The number of aromatic nitrogens is 2. The van der Waals surface area contributed by atoms with Crippen molar-refractivity contribution in [2.75, 3.05) is 34.4 Å². The van der Waals surface area contributed by atoms with Crippen molar-refractivity contribution < 1.29 is 27.8 Å². The third kappa shape index (κ3) is 5.64. The van der Waals surface area contributed by atoms with Crippen molar-refractivity contribution in [2.45, 2.75) is 32.3 Å². The van der Waals surface area contributed by atoms with E-state index in [9.17, 15) is 13.6 Å². The zero-order chi connectivity index (χ0) is 24.2. The molecule has 7 nitrogen and oxygen atoms in total. The SMILES string of the molecule is COc1cc(-c2cnc3cc(OCCCN(C)C)ccn23)cc(OC(F)F)c1C(=O)CC1CC1. The molecule has 2 heterocycles. The van der Waals surface area contributed by atoms with Gasteiger partial charge >= 0.3 is 6.61 Å². The summed E-state index contributed by atoms with van der Waals surface area (Å²) < 4.78 is 44.3. The number of pyridine rings is 1. The largest absolute Gasteiger partial charge is 0.496 e. The zero-order valence-corrected chi connectivity index (χ0v) is 19.6. The summed E-state index contributed by atoms with van der Waals surface area (Å²) >= 11 is 0. The molecule has 2 aromatic heterocycles. The molecule has 3 aromatic rings. The van der Waals surface area contributed by atoms with Crippen molar-refractivity contribution in [3.05, 3.63) is 42.2 Å². The van der Waals surface area contributed by atoms with Crippen molar-refractivity contribution >= 4 is 11.4 Å². The second kappa shape index (κ2) is 10.4. The van der Waals surface area contributed by atoms with Crippen LogP contribution in [0.5, 0.6) is 17.2 Å². The van der Waals surface area contributed by atoms with Gasteiger partial charge in [-0.25, -0.2) is 4.98 Å². The van der Waals surface area contributed by atoms with E-state index in [1.807, 2.05) is 36.8 Å². The number of benzene rings is 1. The number of carbonyl (C=O) groups excluding carboxylic acids is 1. The maximum atomic E-state index is 13.2. The lowest BCUT2D eigenvalue weighted by molar-refractivity contribution is -0.0502. The van der Waals surface area contributed by atoms with E-state index in [1.165, 1.54) is 13.2 Å². The number of hydrogen-bond acceptors (Lipinski definition) is 6. The number of methoxy groups -OCH3 is 1. The molecule has 0 amide bonds. The van der Waals surface area contributed by atoms with Gasteiger partial charge in [0.25, 0.3) is 0 Å². The molecule has 0 radical (unpaired) electrons. The lowest BCUT2D eigenvalue weighted by atomic mass is 10.00. The highest BCUT2D eigenvalue weighted by Gasteiger charge is 2.29. The first kappa shape index (κ1) is 23.9. The van der Waals surface area contributed by atoms with Gasteiger partial charge in [0.15, 0.2) is 5.78 Å². The lowest BCUT2D eigenvalue weighted by Crippen LogP contribution is -2.15. The quantitative estimate of drug-likeness (QED) is 0.275. The average molecular weight is 474 g/mol. The molecule has 0 spiro atoms. The summed E-state index contributed by atoms with van der Waals surface area (Å²) in [7, 11) is 5.44. The monoisotopic (exact) mass is 473 g/mol. The Balaban J connectivity index is 1.64. The number of rotatable bonds is 12. The highest BCUT2D eigenvalue weighted by molar-refractivity contribution is 6.02. The third-order valence-electron chi connectivity index (χ3n) is 5.75. The molecule has 1 aliphatic carbocycles. The topological polar surface area (TPSA) is 65.3 Å². The van der Waals surface area contributed by atoms with Crippen LogP contribution in [-0.2, 0) is 0 Å². The van der Waals surface area contributed by atoms with Gasteiger partial charge in [0, 0.05) is 30.8 Å². The number of fused-ring (bicyclic) bond motifs is 1. The van der Waals surface area contributed by atoms with Crippen LogP contribution < -0.4 is 14.2 Å². The number of ketones is 1. The molecular weight excluding hydrogens is 444 g/mol. The summed E-state index contributed by atoms with van der Waals surface area (Å²) in [5.41, 5.74) is 1.89. The molecule has 1 saturated carbocycles. The Bertz CT molecular complexity index is 1160. The van der Waals surface area contributed by atoms with Crippen molar-refractivity contribution in [1.82, 2.24) is 14.3 Å². The fourth-order valence-electron chi connectivity index (χ4n) is 3.88. The maximum absolute atomic E-state index is 13.2. The highest BCUT2D eigenvalue weighted by Crippen LogP contribution is 2.40. The van der Waals surface area contributed by atoms with E-state index in [4.69, 9.17) is 14.2 Å². The summed E-state index contributed by atoms with van der Waals surface area (Å²) in [6, 6.07) is 6.76. The molecule has 4 rings (SSSR count). The molecule has 0 saturated heterocycles. The summed E-state index contributed by atoms with van der Waals surface area (Å²) in [6.07, 6.45) is 6.59. The first-order valence-corrected chi connectivity index (χ1v) is 11.3. The Hall–Kier alpha value is -3.20. The van der Waals surface area contributed by atoms with Gasteiger partial charge in [-0.05, 0) is 57.5 Å². The smallest absolute Gasteiger partial charge is 0.387 e. The molecule has 9 heteroatoms. The van der Waals surface area contributed by atoms with E-state index in [-0.39, 0.29) is 22.8 Å². The van der Waals surface area contributed by atoms with E-state index < -0.39 is 6.61 Å². The minimum Gasteiger partial charge on any atom is -0.496 e. The molecule has 182 valence electrons. The summed E-state index contributed by atoms with van der Waals surface area (Å²) in [6.45, 7) is -1.55. The molecule has 0 aliphatic heterocycles. The van der Waals surface area contributed by atoms with Crippen LogP contribution in [-0.4, -0.2) is 61.0 Å². The van der Waals surface area contributed by atoms with Gasteiger partial charge in [-0.3, -0.25) is 9.20 Å². The second-order valence-electron chi connectivity index (χ2n) is 8.74. The van der Waals surface area contributed by atoms with Gasteiger partial charge in [-0.15, -0.1) is 0 Å². The molecule has 1 aliphatic rings. The number of Topliss-reactive ketones (excluding diaryl/α,β-unsaturated/α-hetero) is 1. The number of nitrogens with zero attached hydrogens (tertiary/aromatic N) is 3. The number of imidazole rings is 1. The van der Waals surface area contributed by atoms with Gasteiger partial charge in [0.05, 0.1) is 25.6 Å². The zero-order valence-electron chi connectivity index (χ0n) is 19.6. The number of hydrogen-bond donors (Lipinski definition) is 0. The summed E-state index contributed by atoms with van der Waals surface area (Å²) in [5.74, 6) is 0.759. The van der Waals surface area contributed by atoms with Crippen molar-refractivity contribution in [2.24, 2.45) is 5.92 Å². The Kier molecular flexibility index (Phi) is 7.31. The normalized spacial score (nSPS) is 13.6. The van der Waals surface area contributed by atoms with Gasteiger partial charge in [-0.2, -0.15) is 8.78 Å². The van der Waals surface area contributed by atoms with Crippen LogP contribution in [0.25, 0.3) is 16.9 Å². The second-order valence-corrected chi connectivity index (χ2v) is 8.74. The van der Waals surface area contributed by atoms with Crippen molar-refractivity contribution in [3.8, 4) is 28.5 Å². The van der Waals surface area contributed by atoms with Crippen LogP contribution in [0.2, 0.25) is 0 Å². The fourth-order valence-corrected chi connectivity index (χ4v) is 3.88. The van der Waals surface area contributed by atoms with Crippen LogP contribution in [0.3, 0.4) is 0 Å². The molecule has 0 unspecified atom stereocenters. The predicted molar refractivity (Wildman–Crippen MR) is 124 cm³/mol. The standard InChI is InChI=1S/C25H29F2N3O4/c1-29(2)8-4-10-33-18-7-9-30-19(15-28-23(30)14-18)17-12-21(32-3)24(20(31)11-16-5-6-16)22(13-17)34-25(26)27/h7,9,12-16,25H,4-6,8,10-11H2,1-3H3. The molecule has 34 heavy (non-hydrogen) atoms. The molecule has 0 bridgehead atoms. The van der Waals surface area contributed by atoms with Gasteiger partial charge < -0.3 is 19.1 Å². The van der Waals surface area contributed by atoms with Crippen molar-refractivity contribution in [3.63, 3.8) is 0 Å².